The lowest BCUT2D eigenvalue weighted by Crippen LogP contribution is -2.48. The summed E-state index contributed by atoms with van der Waals surface area (Å²) in [5.41, 5.74) is 0.661. The number of aliphatic hydroxyl groups excluding tert-OH is 1. The van der Waals surface area contributed by atoms with Crippen molar-refractivity contribution in [2.75, 3.05) is 20.1 Å². The summed E-state index contributed by atoms with van der Waals surface area (Å²) in [7, 11) is 1.91. The fraction of sp³-hybridized carbons (Fsp3) is 0.500. The van der Waals surface area contributed by atoms with E-state index in [9.17, 15) is 9.90 Å². The van der Waals surface area contributed by atoms with Crippen LogP contribution in [0.25, 0.3) is 0 Å². The average molecular weight is 248 g/mol. The zero-order chi connectivity index (χ0) is 13.0. The molecule has 1 aromatic rings. The molecule has 1 fully saturated rings. The molecule has 4 nitrogen and oxygen atoms in total. The fourth-order valence-corrected chi connectivity index (χ4v) is 2.36. The average Bonchev–Trinajstić information content (AvgIpc) is 2.46. The summed E-state index contributed by atoms with van der Waals surface area (Å²) in [4.78, 5) is 14.0. The Morgan fingerprint density at radius 3 is 2.83 bits per heavy atom. The van der Waals surface area contributed by atoms with Crippen LogP contribution in [0.2, 0.25) is 0 Å². The number of benzene rings is 1. The standard InChI is InChI=1S/C14H20N2O2/c1-15-12-8-5-9-16(10-12)14(18)13(17)11-6-3-2-4-7-11/h2-4,6-7,12-13,15,17H,5,8-10H2,1H3. The fourth-order valence-electron chi connectivity index (χ4n) is 2.36. The van der Waals surface area contributed by atoms with E-state index in [1.807, 2.05) is 25.2 Å². The number of likely N-dealkylation sites (N-methyl/N-ethyl adjacent to an activating group) is 1. The molecular weight excluding hydrogens is 228 g/mol. The molecule has 2 unspecified atom stereocenters. The van der Waals surface area contributed by atoms with E-state index in [1.54, 1.807) is 17.0 Å². The molecule has 0 saturated carbocycles. The van der Waals surface area contributed by atoms with Crippen molar-refractivity contribution in [3.8, 4) is 0 Å². The predicted octanol–water partition coefficient (Wildman–Crippen LogP) is 0.930. The van der Waals surface area contributed by atoms with Crippen LogP contribution in [0.15, 0.2) is 30.3 Å². The molecule has 1 aliphatic rings. The number of carbonyl (C=O) groups excluding carboxylic acids is 1. The third-order valence-corrected chi connectivity index (χ3v) is 3.49. The lowest BCUT2D eigenvalue weighted by molar-refractivity contribution is -0.141. The SMILES string of the molecule is CNC1CCCN(C(=O)C(O)c2ccccc2)C1. The maximum absolute atomic E-state index is 12.2. The first-order valence-electron chi connectivity index (χ1n) is 6.41. The van der Waals surface area contributed by atoms with Gasteiger partial charge in [-0.3, -0.25) is 4.79 Å². The van der Waals surface area contributed by atoms with E-state index in [1.165, 1.54) is 0 Å². The first-order valence-corrected chi connectivity index (χ1v) is 6.41. The van der Waals surface area contributed by atoms with Gasteiger partial charge in [0.2, 0.25) is 0 Å². The molecule has 4 heteroatoms. The molecule has 1 heterocycles. The Morgan fingerprint density at radius 2 is 2.17 bits per heavy atom. The lowest BCUT2D eigenvalue weighted by Gasteiger charge is -2.33. The van der Waals surface area contributed by atoms with E-state index in [-0.39, 0.29) is 5.91 Å². The third-order valence-electron chi connectivity index (χ3n) is 3.49. The highest BCUT2D eigenvalue weighted by atomic mass is 16.3. The molecule has 2 atom stereocenters. The van der Waals surface area contributed by atoms with Gasteiger partial charge in [0.1, 0.15) is 0 Å². The molecule has 2 rings (SSSR count). The summed E-state index contributed by atoms with van der Waals surface area (Å²) in [6, 6.07) is 9.44. The molecule has 0 bridgehead atoms. The summed E-state index contributed by atoms with van der Waals surface area (Å²) in [6.07, 6.45) is 1.03. The van der Waals surface area contributed by atoms with Gasteiger partial charge in [0, 0.05) is 19.1 Å². The van der Waals surface area contributed by atoms with Crippen LogP contribution in [0, 0.1) is 0 Å². The summed E-state index contributed by atoms with van der Waals surface area (Å²) < 4.78 is 0. The van der Waals surface area contributed by atoms with E-state index in [2.05, 4.69) is 5.32 Å². The maximum atomic E-state index is 12.2. The van der Waals surface area contributed by atoms with Gasteiger partial charge in [-0.15, -0.1) is 0 Å². The highest BCUT2D eigenvalue weighted by Gasteiger charge is 2.27. The molecule has 1 amide bonds. The van der Waals surface area contributed by atoms with Crippen LogP contribution in [-0.4, -0.2) is 42.1 Å². The minimum Gasteiger partial charge on any atom is -0.378 e. The summed E-state index contributed by atoms with van der Waals surface area (Å²) in [5.74, 6) is -0.193. The number of piperidine rings is 1. The summed E-state index contributed by atoms with van der Waals surface area (Å²) in [5, 5.41) is 13.3. The number of nitrogens with zero attached hydrogens (tertiary/aromatic N) is 1. The smallest absolute Gasteiger partial charge is 0.256 e. The minimum absolute atomic E-state index is 0.193. The number of hydrogen-bond acceptors (Lipinski definition) is 3. The Morgan fingerprint density at radius 1 is 1.44 bits per heavy atom. The van der Waals surface area contributed by atoms with E-state index in [0.717, 1.165) is 19.4 Å². The molecule has 0 aliphatic carbocycles. The van der Waals surface area contributed by atoms with Gasteiger partial charge in [-0.05, 0) is 25.5 Å². The monoisotopic (exact) mass is 248 g/mol. The van der Waals surface area contributed by atoms with E-state index in [4.69, 9.17) is 0 Å². The third kappa shape index (κ3) is 2.89. The van der Waals surface area contributed by atoms with Crippen molar-refractivity contribution in [2.45, 2.75) is 25.0 Å². The van der Waals surface area contributed by atoms with Gasteiger partial charge >= 0.3 is 0 Å². The molecule has 18 heavy (non-hydrogen) atoms. The number of nitrogens with one attached hydrogen (secondary N) is 1. The van der Waals surface area contributed by atoms with Gasteiger partial charge < -0.3 is 15.3 Å². The molecule has 0 spiro atoms. The zero-order valence-corrected chi connectivity index (χ0v) is 10.7. The normalized spacial score (nSPS) is 21.7. The summed E-state index contributed by atoms with van der Waals surface area (Å²) in [6.45, 7) is 1.42. The number of likely N-dealkylation sites (tertiary alicyclic amines) is 1. The second-order valence-electron chi connectivity index (χ2n) is 4.73. The first-order chi connectivity index (χ1) is 8.72. The molecule has 0 aromatic heterocycles. The topological polar surface area (TPSA) is 52.6 Å². The number of carbonyl (C=O) groups is 1. The largest absolute Gasteiger partial charge is 0.378 e. The Bertz CT molecular complexity index is 394. The Balaban J connectivity index is 2.02. The second kappa shape index (κ2) is 5.98. The van der Waals surface area contributed by atoms with Gasteiger partial charge in [-0.2, -0.15) is 0 Å². The van der Waals surface area contributed by atoms with Gasteiger partial charge in [0.15, 0.2) is 6.10 Å². The van der Waals surface area contributed by atoms with Gasteiger partial charge in [-0.25, -0.2) is 0 Å². The summed E-state index contributed by atoms with van der Waals surface area (Å²) >= 11 is 0. The molecular formula is C14H20N2O2. The molecule has 1 aromatic carbocycles. The van der Waals surface area contributed by atoms with Crippen LogP contribution in [0.4, 0.5) is 0 Å². The van der Waals surface area contributed by atoms with Crippen molar-refractivity contribution in [2.24, 2.45) is 0 Å². The number of aliphatic hydroxyl groups is 1. The molecule has 98 valence electrons. The van der Waals surface area contributed by atoms with Gasteiger partial charge in [0.05, 0.1) is 0 Å². The Labute approximate surface area is 108 Å². The molecule has 2 N–H and O–H groups in total. The number of hydrogen-bond donors (Lipinski definition) is 2. The van der Waals surface area contributed by atoms with Crippen molar-refractivity contribution in [1.29, 1.82) is 0 Å². The number of rotatable bonds is 3. The molecule has 0 radical (unpaired) electrons. The Hall–Kier alpha value is -1.39. The highest BCUT2D eigenvalue weighted by Crippen LogP contribution is 2.18. The molecule has 1 aliphatic heterocycles. The number of amides is 1. The van der Waals surface area contributed by atoms with Crippen LogP contribution < -0.4 is 5.32 Å². The Kier molecular flexibility index (Phi) is 4.33. The first kappa shape index (κ1) is 13.1. The van der Waals surface area contributed by atoms with E-state index >= 15 is 0 Å². The van der Waals surface area contributed by atoms with Crippen LogP contribution in [-0.2, 0) is 4.79 Å². The predicted molar refractivity (Wildman–Crippen MR) is 70.1 cm³/mol. The quantitative estimate of drug-likeness (QED) is 0.836. The van der Waals surface area contributed by atoms with Crippen molar-refractivity contribution in [3.05, 3.63) is 35.9 Å². The van der Waals surface area contributed by atoms with Crippen molar-refractivity contribution < 1.29 is 9.90 Å². The molecule has 1 saturated heterocycles. The maximum Gasteiger partial charge on any atom is 0.256 e. The van der Waals surface area contributed by atoms with Crippen LogP contribution in [0.5, 0.6) is 0 Å². The van der Waals surface area contributed by atoms with Crippen LogP contribution in [0.1, 0.15) is 24.5 Å². The van der Waals surface area contributed by atoms with E-state index in [0.29, 0.717) is 18.2 Å². The van der Waals surface area contributed by atoms with Gasteiger partial charge in [-0.1, -0.05) is 30.3 Å². The highest BCUT2D eigenvalue weighted by molar-refractivity contribution is 5.82. The van der Waals surface area contributed by atoms with Crippen LogP contribution >= 0.6 is 0 Å². The van der Waals surface area contributed by atoms with Crippen molar-refractivity contribution in [1.82, 2.24) is 10.2 Å². The minimum atomic E-state index is -1.04. The lowest BCUT2D eigenvalue weighted by atomic mass is 10.0. The second-order valence-corrected chi connectivity index (χ2v) is 4.73. The van der Waals surface area contributed by atoms with Crippen molar-refractivity contribution in [3.63, 3.8) is 0 Å². The van der Waals surface area contributed by atoms with E-state index < -0.39 is 6.10 Å². The van der Waals surface area contributed by atoms with Crippen molar-refractivity contribution >= 4 is 5.91 Å². The van der Waals surface area contributed by atoms with Crippen LogP contribution in [0.3, 0.4) is 0 Å². The zero-order valence-electron chi connectivity index (χ0n) is 10.7. The van der Waals surface area contributed by atoms with Gasteiger partial charge in [0.25, 0.3) is 5.91 Å².